The number of benzene rings is 2. The van der Waals surface area contributed by atoms with Gasteiger partial charge < -0.3 is 15.0 Å². The van der Waals surface area contributed by atoms with Crippen molar-refractivity contribution in [3.63, 3.8) is 0 Å². The SMILES string of the molecule is Cc1c(Cc2ccc(-c3cscn3)cc2)cc(C(=O)N[C@H]2CCCC[C@@H]2O)c2c1ncn2C. The lowest BCUT2D eigenvalue weighted by atomic mass is 9.92. The molecule has 0 spiro atoms. The van der Waals surface area contributed by atoms with Crippen molar-refractivity contribution in [2.24, 2.45) is 7.05 Å². The van der Waals surface area contributed by atoms with E-state index in [0.29, 0.717) is 12.0 Å². The number of amides is 1. The number of aliphatic hydroxyl groups excluding tert-OH is 1. The van der Waals surface area contributed by atoms with Gasteiger partial charge in [-0.1, -0.05) is 37.1 Å². The number of thiazole rings is 1. The van der Waals surface area contributed by atoms with E-state index in [1.165, 1.54) is 5.56 Å². The van der Waals surface area contributed by atoms with Crippen LogP contribution in [0.2, 0.25) is 0 Å². The summed E-state index contributed by atoms with van der Waals surface area (Å²) in [6.45, 7) is 2.07. The lowest BCUT2D eigenvalue weighted by Crippen LogP contribution is -2.45. The first-order valence-electron chi connectivity index (χ1n) is 11.4. The van der Waals surface area contributed by atoms with Crippen molar-refractivity contribution in [3.8, 4) is 11.3 Å². The Morgan fingerprint density at radius 1 is 1.21 bits per heavy atom. The van der Waals surface area contributed by atoms with Gasteiger partial charge in [0.05, 0.1) is 46.3 Å². The summed E-state index contributed by atoms with van der Waals surface area (Å²) < 4.78 is 1.90. The summed E-state index contributed by atoms with van der Waals surface area (Å²) in [5.74, 6) is -0.144. The average Bonchev–Trinajstić information content (AvgIpc) is 3.48. The second kappa shape index (κ2) is 9.08. The number of aliphatic hydroxyl groups is 1. The van der Waals surface area contributed by atoms with Gasteiger partial charge >= 0.3 is 0 Å². The molecule has 0 saturated heterocycles. The minimum Gasteiger partial charge on any atom is -0.391 e. The Hall–Kier alpha value is -3.03. The quantitative estimate of drug-likeness (QED) is 0.455. The summed E-state index contributed by atoms with van der Waals surface area (Å²) in [6.07, 6.45) is 5.58. The van der Waals surface area contributed by atoms with Crippen molar-refractivity contribution in [2.45, 2.75) is 51.2 Å². The molecule has 1 aliphatic rings. The molecule has 170 valence electrons. The summed E-state index contributed by atoms with van der Waals surface area (Å²) in [5, 5.41) is 15.5. The van der Waals surface area contributed by atoms with Gasteiger partial charge in [0.2, 0.25) is 0 Å². The van der Waals surface area contributed by atoms with E-state index in [9.17, 15) is 9.90 Å². The standard InChI is InChI=1S/C26H28N4O2S/c1-16-19(11-17-7-9-18(10-8-17)22-13-33-15-28-22)12-20(25-24(16)27-14-30(25)2)26(32)29-21-5-3-4-6-23(21)31/h7-10,12-15,21,23,31H,3-6,11H2,1-2H3,(H,29,32)/t21-,23-/m0/s1. The van der Waals surface area contributed by atoms with Crippen molar-refractivity contribution >= 4 is 28.3 Å². The highest BCUT2D eigenvalue weighted by Gasteiger charge is 2.26. The normalized spacial score (nSPS) is 18.5. The van der Waals surface area contributed by atoms with Gasteiger partial charge in [0.1, 0.15) is 0 Å². The summed E-state index contributed by atoms with van der Waals surface area (Å²) in [4.78, 5) is 22.3. The highest BCUT2D eigenvalue weighted by molar-refractivity contribution is 7.07. The summed E-state index contributed by atoms with van der Waals surface area (Å²) in [6, 6.07) is 10.2. The van der Waals surface area contributed by atoms with Gasteiger partial charge in [-0.15, -0.1) is 11.3 Å². The van der Waals surface area contributed by atoms with Gasteiger partial charge in [-0.2, -0.15) is 0 Å². The zero-order chi connectivity index (χ0) is 22.9. The highest BCUT2D eigenvalue weighted by atomic mass is 32.1. The monoisotopic (exact) mass is 460 g/mol. The van der Waals surface area contributed by atoms with E-state index >= 15 is 0 Å². The molecule has 1 fully saturated rings. The largest absolute Gasteiger partial charge is 0.391 e. The van der Waals surface area contributed by atoms with Gasteiger partial charge in [0.25, 0.3) is 5.91 Å². The third kappa shape index (κ3) is 4.30. The number of nitrogens with one attached hydrogen (secondary N) is 1. The first-order valence-corrected chi connectivity index (χ1v) is 12.4. The lowest BCUT2D eigenvalue weighted by Gasteiger charge is -2.28. The summed E-state index contributed by atoms with van der Waals surface area (Å²) >= 11 is 1.59. The summed E-state index contributed by atoms with van der Waals surface area (Å²) in [5.41, 5.74) is 9.56. The van der Waals surface area contributed by atoms with Crippen molar-refractivity contribution in [2.75, 3.05) is 0 Å². The Morgan fingerprint density at radius 3 is 2.73 bits per heavy atom. The molecule has 2 aromatic carbocycles. The molecule has 1 amide bonds. The van der Waals surface area contributed by atoms with Gasteiger partial charge in [-0.3, -0.25) is 4.79 Å². The van der Waals surface area contributed by atoms with Crippen molar-refractivity contribution < 1.29 is 9.90 Å². The third-order valence-corrected chi connectivity index (χ3v) is 7.30. The van der Waals surface area contributed by atoms with E-state index in [1.54, 1.807) is 17.7 Å². The van der Waals surface area contributed by atoms with Crippen molar-refractivity contribution in [1.82, 2.24) is 19.9 Å². The number of carbonyl (C=O) groups excluding carboxylic acids is 1. The molecule has 2 atom stereocenters. The molecule has 7 heteroatoms. The maximum atomic E-state index is 13.3. The van der Waals surface area contributed by atoms with E-state index in [1.807, 2.05) is 28.6 Å². The van der Waals surface area contributed by atoms with E-state index in [4.69, 9.17) is 0 Å². The van der Waals surface area contributed by atoms with Crippen LogP contribution in [-0.2, 0) is 13.5 Å². The molecule has 6 nitrogen and oxygen atoms in total. The van der Waals surface area contributed by atoms with Crippen LogP contribution in [0.5, 0.6) is 0 Å². The van der Waals surface area contributed by atoms with Crippen LogP contribution in [0.25, 0.3) is 22.3 Å². The van der Waals surface area contributed by atoms with Gasteiger partial charge in [0, 0.05) is 18.0 Å². The smallest absolute Gasteiger partial charge is 0.253 e. The predicted octanol–water partition coefficient (Wildman–Crippen LogP) is 4.63. The number of imidazole rings is 1. The first-order chi connectivity index (χ1) is 16.0. The van der Waals surface area contributed by atoms with Crippen molar-refractivity contribution in [1.29, 1.82) is 0 Å². The minimum absolute atomic E-state index is 0.144. The lowest BCUT2D eigenvalue weighted by molar-refractivity contribution is 0.0718. The van der Waals surface area contributed by atoms with E-state index in [-0.39, 0.29) is 11.9 Å². The van der Waals surface area contributed by atoms with Crippen LogP contribution < -0.4 is 5.32 Å². The molecule has 1 aliphatic carbocycles. The number of nitrogens with zero attached hydrogens (tertiary/aromatic N) is 3. The fourth-order valence-electron chi connectivity index (χ4n) is 4.78. The molecular formula is C26H28N4O2S. The molecule has 2 heterocycles. The third-order valence-electron chi connectivity index (χ3n) is 6.71. The topological polar surface area (TPSA) is 80.0 Å². The highest BCUT2D eigenvalue weighted by Crippen LogP contribution is 2.28. The van der Waals surface area contributed by atoms with Crippen LogP contribution >= 0.6 is 11.3 Å². The average molecular weight is 461 g/mol. The van der Waals surface area contributed by atoms with Crippen LogP contribution in [0.3, 0.4) is 0 Å². The van der Waals surface area contributed by atoms with Gasteiger partial charge in [-0.25, -0.2) is 9.97 Å². The Morgan fingerprint density at radius 2 is 2.00 bits per heavy atom. The molecule has 0 radical (unpaired) electrons. The van der Waals surface area contributed by atoms with Crippen LogP contribution in [0, 0.1) is 6.92 Å². The minimum atomic E-state index is -0.481. The fraction of sp³-hybridized carbons (Fsp3) is 0.346. The fourth-order valence-corrected chi connectivity index (χ4v) is 5.34. The molecule has 0 aliphatic heterocycles. The van der Waals surface area contributed by atoms with E-state index < -0.39 is 6.10 Å². The predicted molar refractivity (Wildman–Crippen MR) is 132 cm³/mol. The zero-order valence-electron chi connectivity index (χ0n) is 18.9. The number of hydrogen-bond acceptors (Lipinski definition) is 5. The first kappa shape index (κ1) is 21.8. The Bertz CT molecular complexity index is 1280. The van der Waals surface area contributed by atoms with Crippen LogP contribution in [0.1, 0.15) is 52.7 Å². The molecule has 1 saturated carbocycles. The molecule has 2 aromatic heterocycles. The van der Waals surface area contributed by atoms with Crippen molar-refractivity contribution in [3.05, 3.63) is 69.8 Å². The maximum Gasteiger partial charge on any atom is 0.253 e. The van der Waals surface area contributed by atoms with Crippen LogP contribution in [0.4, 0.5) is 0 Å². The number of aryl methyl sites for hydroxylation is 2. The molecule has 33 heavy (non-hydrogen) atoms. The molecule has 2 N–H and O–H groups in total. The molecule has 5 rings (SSSR count). The number of fused-ring (bicyclic) bond motifs is 1. The van der Waals surface area contributed by atoms with Crippen LogP contribution in [-0.4, -0.2) is 37.7 Å². The molecule has 0 bridgehead atoms. The van der Waals surface area contributed by atoms with Gasteiger partial charge in [0.15, 0.2) is 0 Å². The number of hydrogen-bond donors (Lipinski definition) is 2. The van der Waals surface area contributed by atoms with E-state index in [2.05, 4.69) is 46.5 Å². The molecule has 4 aromatic rings. The second-order valence-electron chi connectivity index (χ2n) is 8.94. The molecular weight excluding hydrogens is 432 g/mol. The van der Waals surface area contributed by atoms with Crippen LogP contribution in [0.15, 0.2) is 47.5 Å². The van der Waals surface area contributed by atoms with E-state index in [0.717, 1.165) is 59.1 Å². The zero-order valence-corrected chi connectivity index (χ0v) is 19.7. The Labute approximate surface area is 197 Å². The number of aromatic nitrogens is 3. The second-order valence-corrected chi connectivity index (χ2v) is 9.66. The summed E-state index contributed by atoms with van der Waals surface area (Å²) in [7, 11) is 1.91. The number of rotatable bonds is 5. The number of carbonyl (C=O) groups is 1. The Balaban J connectivity index is 1.47. The van der Waals surface area contributed by atoms with Gasteiger partial charge in [-0.05, 0) is 48.9 Å². The maximum absolute atomic E-state index is 13.3. The Kier molecular flexibility index (Phi) is 6.00. The molecule has 0 unspecified atom stereocenters.